The van der Waals surface area contributed by atoms with Crippen LogP contribution >= 0.6 is 0 Å². The van der Waals surface area contributed by atoms with Crippen molar-refractivity contribution in [3.63, 3.8) is 0 Å². The molecule has 7 rings (SSSR count). The Morgan fingerprint density at radius 2 is 1.70 bits per heavy atom. The van der Waals surface area contributed by atoms with E-state index in [4.69, 9.17) is 9.47 Å². The molecule has 2 fully saturated rings. The number of cyclic esters (lactones) is 1. The van der Waals surface area contributed by atoms with Crippen molar-refractivity contribution in [3.05, 3.63) is 95.1 Å². The Bertz CT molecular complexity index is 1700. The lowest BCUT2D eigenvalue weighted by atomic mass is 9.70. The van der Waals surface area contributed by atoms with Gasteiger partial charge in [0.1, 0.15) is 6.61 Å². The first-order chi connectivity index (χ1) is 22.5. The van der Waals surface area contributed by atoms with Gasteiger partial charge in [-0.2, -0.15) is 0 Å². The number of hydrogen-bond acceptors (Lipinski definition) is 7. The van der Waals surface area contributed by atoms with Crippen LogP contribution in [0.5, 0.6) is 0 Å². The maximum Gasteiger partial charge on any atom is 0.414 e. The number of benzene rings is 3. The van der Waals surface area contributed by atoms with Gasteiger partial charge < -0.3 is 29.5 Å². The summed E-state index contributed by atoms with van der Waals surface area (Å²) in [5.41, 5.74) is 2.57. The Balaban J connectivity index is 1.18. The molecule has 10 nitrogen and oxygen atoms in total. The van der Waals surface area contributed by atoms with Crippen LogP contribution in [0.25, 0.3) is 0 Å². The van der Waals surface area contributed by atoms with E-state index in [1.165, 1.54) is 0 Å². The molecular formula is C37H41N3O7. The highest BCUT2D eigenvalue weighted by molar-refractivity contribution is 6.07. The number of amides is 3. The Morgan fingerprint density at radius 1 is 1.00 bits per heavy atom. The summed E-state index contributed by atoms with van der Waals surface area (Å²) in [5.74, 6) is -1.41. The fourth-order valence-corrected chi connectivity index (χ4v) is 8.31. The molecule has 4 aliphatic heterocycles. The SMILES string of the molecule is C[C@@H]1[C@@H](C(C)(C)O)[C@H](CC(=O)N2Cc3ccccc3C[C@H]2CO)O[C@@]12C(=O)N(Cc1ccc(N3CCOC3=O)cc1)c1ccccc12. The van der Waals surface area contributed by atoms with Crippen LogP contribution in [0.3, 0.4) is 0 Å². The summed E-state index contributed by atoms with van der Waals surface area (Å²) < 4.78 is 11.9. The van der Waals surface area contributed by atoms with Crippen LogP contribution in [0, 0.1) is 11.8 Å². The Morgan fingerprint density at radius 3 is 2.38 bits per heavy atom. The smallest absolute Gasteiger partial charge is 0.414 e. The fraction of sp³-hybridized carbons (Fsp3) is 0.432. The zero-order valence-corrected chi connectivity index (χ0v) is 27.0. The highest BCUT2D eigenvalue weighted by Crippen LogP contribution is 2.58. The third-order valence-corrected chi connectivity index (χ3v) is 10.5. The molecule has 4 heterocycles. The molecule has 246 valence electrons. The van der Waals surface area contributed by atoms with Gasteiger partial charge in [-0.25, -0.2) is 4.79 Å². The van der Waals surface area contributed by atoms with Gasteiger partial charge in [-0.3, -0.25) is 14.5 Å². The number of ether oxygens (including phenoxy) is 2. The number of carbonyl (C=O) groups excluding carboxylic acids is 3. The molecule has 4 aliphatic rings. The van der Waals surface area contributed by atoms with E-state index < -0.39 is 29.1 Å². The Hall–Kier alpha value is -4.25. The molecule has 0 aromatic heterocycles. The second-order valence-electron chi connectivity index (χ2n) is 13.7. The molecule has 1 spiro atoms. The van der Waals surface area contributed by atoms with E-state index in [9.17, 15) is 24.6 Å². The average Bonchev–Trinajstić information content (AvgIpc) is 3.69. The maximum absolute atomic E-state index is 14.7. The summed E-state index contributed by atoms with van der Waals surface area (Å²) in [6, 6.07) is 22.7. The van der Waals surface area contributed by atoms with Crippen LogP contribution in [0.1, 0.15) is 49.4 Å². The van der Waals surface area contributed by atoms with Gasteiger partial charge in [0.15, 0.2) is 5.60 Å². The van der Waals surface area contributed by atoms with Crippen LogP contribution in [0.4, 0.5) is 16.2 Å². The van der Waals surface area contributed by atoms with Crippen molar-refractivity contribution in [2.24, 2.45) is 11.8 Å². The van der Waals surface area contributed by atoms with Gasteiger partial charge in [0, 0.05) is 29.6 Å². The normalized spacial score (nSPS) is 27.0. The highest BCUT2D eigenvalue weighted by atomic mass is 16.6. The van der Waals surface area contributed by atoms with Crippen LogP contribution < -0.4 is 9.80 Å². The van der Waals surface area contributed by atoms with Gasteiger partial charge >= 0.3 is 6.09 Å². The number of aliphatic hydroxyl groups excluding tert-OH is 1. The highest BCUT2D eigenvalue weighted by Gasteiger charge is 2.66. The summed E-state index contributed by atoms with van der Waals surface area (Å²) >= 11 is 0. The van der Waals surface area contributed by atoms with Crippen molar-refractivity contribution in [2.45, 2.75) is 70.1 Å². The lowest BCUT2D eigenvalue weighted by molar-refractivity contribution is -0.151. The minimum atomic E-state index is -1.39. The molecule has 0 unspecified atom stereocenters. The van der Waals surface area contributed by atoms with Gasteiger partial charge in [0.05, 0.1) is 49.6 Å². The maximum atomic E-state index is 14.7. The summed E-state index contributed by atoms with van der Waals surface area (Å²) in [7, 11) is 0. The number of rotatable bonds is 7. The predicted molar refractivity (Wildman–Crippen MR) is 174 cm³/mol. The first-order valence-corrected chi connectivity index (χ1v) is 16.3. The van der Waals surface area contributed by atoms with Gasteiger partial charge in [-0.15, -0.1) is 0 Å². The van der Waals surface area contributed by atoms with Crippen molar-refractivity contribution in [1.82, 2.24) is 4.90 Å². The summed E-state index contributed by atoms with van der Waals surface area (Å²) in [5, 5.41) is 21.7. The van der Waals surface area contributed by atoms with E-state index in [-0.39, 0.29) is 43.5 Å². The zero-order chi connectivity index (χ0) is 33.1. The topological polar surface area (TPSA) is 120 Å². The molecule has 2 N–H and O–H groups in total. The predicted octanol–water partition coefficient (Wildman–Crippen LogP) is 4.14. The minimum Gasteiger partial charge on any atom is -0.447 e. The van der Waals surface area contributed by atoms with Gasteiger partial charge in [0.25, 0.3) is 5.91 Å². The first kappa shape index (κ1) is 31.4. The van der Waals surface area contributed by atoms with E-state index in [1.807, 2.05) is 79.7 Å². The minimum absolute atomic E-state index is 0.0325. The second kappa shape index (κ2) is 11.8. The number of hydrogen-bond donors (Lipinski definition) is 2. The Kier molecular flexibility index (Phi) is 7.85. The fourth-order valence-electron chi connectivity index (χ4n) is 8.31. The van der Waals surface area contributed by atoms with Crippen LogP contribution in [-0.4, -0.2) is 70.5 Å². The number of para-hydroxylation sites is 1. The molecule has 0 saturated carbocycles. The van der Waals surface area contributed by atoms with E-state index in [0.29, 0.717) is 26.1 Å². The van der Waals surface area contributed by atoms with Crippen LogP contribution in [0.15, 0.2) is 72.8 Å². The van der Waals surface area contributed by atoms with Gasteiger partial charge in [0.2, 0.25) is 5.91 Å². The van der Waals surface area contributed by atoms with E-state index in [2.05, 4.69) is 0 Å². The van der Waals surface area contributed by atoms with Crippen molar-refractivity contribution >= 4 is 29.3 Å². The number of carbonyl (C=O) groups is 3. The van der Waals surface area contributed by atoms with Gasteiger partial charge in [-0.05, 0) is 55.2 Å². The molecule has 47 heavy (non-hydrogen) atoms. The first-order valence-electron chi connectivity index (χ1n) is 16.3. The van der Waals surface area contributed by atoms with Crippen LogP contribution in [-0.2, 0) is 44.2 Å². The number of anilines is 2. The average molecular weight is 640 g/mol. The van der Waals surface area contributed by atoms with Gasteiger partial charge in [-0.1, -0.05) is 61.5 Å². The quantitative estimate of drug-likeness (QED) is 0.399. The molecule has 2 saturated heterocycles. The lowest BCUT2D eigenvalue weighted by Gasteiger charge is -2.38. The molecule has 0 aliphatic carbocycles. The molecule has 3 aromatic carbocycles. The van der Waals surface area contributed by atoms with Crippen molar-refractivity contribution in [2.75, 3.05) is 29.6 Å². The number of nitrogens with zero attached hydrogens (tertiary/aromatic N) is 3. The third-order valence-electron chi connectivity index (χ3n) is 10.5. The van der Waals surface area contributed by atoms with Crippen LogP contribution in [0.2, 0.25) is 0 Å². The summed E-state index contributed by atoms with van der Waals surface area (Å²) in [6.45, 7) is 6.70. The molecule has 3 aromatic rings. The van der Waals surface area contributed by atoms with Crippen molar-refractivity contribution in [1.29, 1.82) is 0 Å². The molecule has 5 atom stereocenters. The third kappa shape index (κ3) is 5.19. The van der Waals surface area contributed by atoms with E-state index in [0.717, 1.165) is 33.6 Å². The molecule has 3 amide bonds. The second-order valence-corrected chi connectivity index (χ2v) is 13.7. The monoisotopic (exact) mass is 639 g/mol. The molecule has 10 heteroatoms. The molecule has 0 bridgehead atoms. The molecule has 0 radical (unpaired) electrons. The Labute approximate surface area is 274 Å². The standard InChI is InChI=1S/C37H41N3O7/c1-23-33(36(2,3)45)31(19-32(42)39-21-26-9-5-4-8-25(26)18-28(39)22-41)47-37(23)29-10-6-7-11-30(29)40(34(37)43)20-24-12-14-27(15-13-24)38-16-17-46-35(38)44/h4-15,23,28,31,33,41,45H,16-22H2,1-3H3/t23-,28+,31+,33-,37+/m1/s1. The van der Waals surface area contributed by atoms with E-state index >= 15 is 0 Å². The number of fused-ring (bicyclic) bond motifs is 3. The van der Waals surface area contributed by atoms with E-state index in [1.54, 1.807) is 28.5 Å². The number of aliphatic hydroxyl groups is 2. The largest absolute Gasteiger partial charge is 0.447 e. The zero-order valence-electron chi connectivity index (χ0n) is 27.0. The van der Waals surface area contributed by atoms with Crippen molar-refractivity contribution < 1.29 is 34.1 Å². The summed E-state index contributed by atoms with van der Waals surface area (Å²) in [4.78, 5) is 45.7. The summed E-state index contributed by atoms with van der Waals surface area (Å²) in [6.07, 6.45) is -0.592. The van der Waals surface area contributed by atoms with Crippen molar-refractivity contribution in [3.8, 4) is 0 Å². The lowest BCUT2D eigenvalue weighted by Crippen LogP contribution is -2.48. The molecular weight excluding hydrogens is 598 g/mol.